The van der Waals surface area contributed by atoms with E-state index in [9.17, 15) is 14.4 Å². The van der Waals surface area contributed by atoms with E-state index in [4.69, 9.17) is 5.73 Å². The van der Waals surface area contributed by atoms with E-state index >= 15 is 0 Å². The van der Waals surface area contributed by atoms with Gasteiger partial charge in [-0.2, -0.15) is 0 Å². The van der Waals surface area contributed by atoms with Crippen LogP contribution >= 0.6 is 0 Å². The standard InChI is InChI=1S/C12H24N4O3/c1-8(2)11(13)12(19)14-6-9(17)16(5)7-10(18)15(3)4/h8,11H,6-7,13H2,1-5H3,(H,14,19)/t11-/m0/s1. The second-order valence-corrected chi connectivity index (χ2v) is 5.03. The number of nitrogens with zero attached hydrogens (tertiary/aromatic N) is 2. The SMILES string of the molecule is CC(C)[C@H](N)C(=O)NCC(=O)N(C)CC(=O)N(C)C. The molecule has 0 spiro atoms. The summed E-state index contributed by atoms with van der Waals surface area (Å²) in [6.45, 7) is 3.48. The Bertz CT molecular complexity index is 342. The third-order valence-corrected chi connectivity index (χ3v) is 2.73. The quantitative estimate of drug-likeness (QED) is 0.624. The molecular weight excluding hydrogens is 248 g/mol. The Morgan fingerprint density at radius 2 is 1.63 bits per heavy atom. The molecule has 0 aromatic carbocycles. The number of carbonyl (C=O) groups is 3. The van der Waals surface area contributed by atoms with Crippen molar-refractivity contribution >= 4 is 17.7 Å². The summed E-state index contributed by atoms with van der Waals surface area (Å²) >= 11 is 0. The lowest BCUT2D eigenvalue weighted by atomic mass is 10.1. The van der Waals surface area contributed by atoms with E-state index < -0.39 is 6.04 Å². The van der Waals surface area contributed by atoms with Crippen molar-refractivity contribution < 1.29 is 14.4 Å². The molecule has 0 aliphatic rings. The van der Waals surface area contributed by atoms with Gasteiger partial charge in [-0.05, 0) is 5.92 Å². The van der Waals surface area contributed by atoms with Crippen LogP contribution in [0.4, 0.5) is 0 Å². The van der Waals surface area contributed by atoms with Crippen molar-refractivity contribution in [2.75, 3.05) is 34.2 Å². The average Bonchev–Trinajstić information content (AvgIpc) is 2.33. The van der Waals surface area contributed by atoms with Crippen molar-refractivity contribution in [3.63, 3.8) is 0 Å². The van der Waals surface area contributed by atoms with Gasteiger partial charge in [0.2, 0.25) is 17.7 Å². The average molecular weight is 272 g/mol. The minimum absolute atomic E-state index is 0.00292. The molecule has 0 rings (SSSR count). The Hall–Kier alpha value is -1.63. The molecule has 0 aromatic heterocycles. The van der Waals surface area contributed by atoms with Crippen LogP contribution in [0.3, 0.4) is 0 Å². The molecule has 7 nitrogen and oxygen atoms in total. The highest BCUT2D eigenvalue weighted by atomic mass is 16.2. The van der Waals surface area contributed by atoms with Crippen molar-refractivity contribution in [3.8, 4) is 0 Å². The van der Waals surface area contributed by atoms with Gasteiger partial charge in [-0.1, -0.05) is 13.8 Å². The van der Waals surface area contributed by atoms with Gasteiger partial charge < -0.3 is 20.9 Å². The second kappa shape index (κ2) is 7.73. The minimum atomic E-state index is -0.637. The number of hydrogen-bond donors (Lipinski definition) is 2. The molecule has 0 unspecified atom stereocenters. The van der Waals surface area contributed by atoms with Crippen LogP contribution in [0.2, 0.25) is 0 Å². The Morgan fingerprint density at radius 1 is 1.11 bits per heavy atom. The summed E-state index contributed by atoms with van der Waals surface area (Å²) < 4.78 is 0. The zero-order valence-electron chi connectivity index (χ0n) is 12.3. The van der Waals surface area contributed by atoms with E-state index in [0.717, 1.165) is 0 Å². The van der Waals surface area contributed by atoms with E-state index in [1.54, 1.807) is 14.1 Å². The highest BCUT2D eigenvalue weighted by Crippen LogP contribution is 1.97. The van der Waals surface area contributed by atoms with E-state index in [2.05, 4.69) is 5.32 Å². The molecule has 19 heavy (non-hydrogen) atoms. The summed E-state index contributed by atoms with van der Waals surface area (Å²) in [5.41, 5.74) is 5.65. The number of rotatable bonds is 6. The van der Waals surface area contributed by atoms with E-state index in [1.165, 1.54) is 16.8 Å². The van der Waals surface area contributed by atoms with E-state index in [1.807, 2.05) is 13.8 Å². The number of amides is 3. The van der Waals surface area contributed by atoms with Crippen LogP contribution < -0.4 is 11.1 Å². The molecule has 0 fully saturated rings. The Labute approximate surface area is 114 Å². The van der Waals surface area contributed by atoms with Crippen molar-refractivity contribution in [1.29, 1.82) is 0 Å². The molecular formula is C12H24N4O3. The summed E-state index contributed by atoms with van der Waals surface area (Å²) in [5, 5.41) is 2.47. The predicted molar refractivity (Wildman–Crippen MR) is 72.2 cm³/mol. The van der Waals surface area contributed by atoms with Gasteiger partial charge in [0, 0.05) is 21.1 Å². The molecule has 1 atom stereocenters. The first-order valence-electron chi connectivity index (χ1n) is 6.14. The molecule has 0 heterocycles. The fourth-order valence-electron chi connectivity index (χ4n) is 1.15. The predicted octanol–water partition coefficient (Wildman–Crippen LogP) is -1.37. The summed E-state index contributed by atoms with van der Waals surface area (Å²) in [6.07, 6.45) is 0. The van der Waals surface area contributed by atoms with E-state index in [-0.39, 0.29) is 36.7 Å². The second-order valence-electron chi connectivity index (χ2n) is 5.03. The zero-order chi connectivity index (χ0) is 15.2. The van der Waals surface area contributed by atoms with Gasteiger partial charge in [-0.3, -0.25) is 14.4 Å². The van der Waals surface area contributed by atoms with Gasteiger partial charge >= 0.3 is 0 Å². The molecule has 7 heteroatoms. The molecule has 0 saturated carbocycles. The lowest BCUT2D eigenvalue weighted by Gasteiger charge is -2.20. The summed E-state index contributed by atoms with van der Waals surface area (Å²) in [6, 6.07) is -0.637. The molecule has 0 aromatic rings. The molecule has 0 aliphatic carbocycles. The smallest absolute Gasteiger partial charge is 0.242 e. The number of hydrogen-bond acceptors (Lipinski definition) is 4. The van der Waals surface area contributed by atoms with Gasteiger partial charge in [-0.15, -0.1) is 0 Å². The molecule has 0 saturated heterocycles. The fraction of sp³-hybridized carbons (Fsp3) is 0.750. The first kappa shape index (κ1) is 17.4. The summed E-state index contributed by atoms with van der Waals surface area (Å²) in [5.74, 6) is -0.876. The van der Waals surface area contributed by atoms with Crippen LogP contribution in [0.25, 0.3) is 0 Å². The van der Waals surface area contributed by atoms with Crippen LogP contribution in [0.5, 0.6) is 0 Å². The van der Waals surface area contributed by atoms with Crippen molar-refractivity contribution in [3.05, 3.63) is 0 Å². The van der Waals surface area contributed by atoms with Crippen molar-refractivity contribution in [2.45, 2.75) is 19.9 Å². The number of likely N-dealkylation sites (N-methyl/N-ethyl adjacent to an activating group) is 2. The monoisotopic (exact) mass is 272 g/mol. The Morgan fingerprint density at radius 3 is 2.05 bits per heavy atom. The number of nitrogens with two attached hydrogens (primary N) is 1. The molecule has 3 N–H and O–H groups in total. The van der Waals surface area contributed by atoms with Gasteiger partial charge in [0.15, 0.2) is 0 Å². The maximum absolute atomic E-state index is 11.7. The maximum Gasteiger partial charge on any atom is 0.242 e. The minimum Gasteiger partial charge on any atom is -0.347 e. The molecule has 3 amide bonds. The van der Waals surface area contributed by atoms with Crippen LogP contribution in [0.15, 0.2) is 0 Å². The van der Waals surface area contributed by atoms with E-state index in [0.29, 0.717) is 0 Å². The fourth-order valence-corrected chi connectivity index (χ4v) is 1.15. The lowest BCUT2D eigenvalue weighted by molar-refractivity contribution is -0.138. The third kappa shape index (κ3) is 6.19. The first-order valence-corrected chi connectivity index (χ1v) is 6.14. The highest BCUT2D eigenvalue weighted by Gasteiger charge is 2.19. The molecule has 0 bridgehead atoms. The van der Waals surface area contributed by atoms with Gasteiger partial charge in [0.25, 0.3) is 0 Å². The van der Waals surface area contributed by atoms with Crippen molar-refractivity contribution in [2.24, 2.45) is 11.7 Å². The highest BCUT2D eigenvalue weighted by molar-refractivity contribution is 5.89. The summed E-state index contributed by atoms with van der Waals surface area (Å²) in [7, 11) is 4.74. The number of carbonyl (C=O) groups excluding carboxylic acids is 3. The topological polar surface area (TPSA) is 95.7 Å². The van der Waals surface area contributed by atoms with Crippen LogP contribution in [-0.2, 0) is 14.4 Å². The molecule has 0 radical (unpaired) electrons. The van der Waals surface area contributed by atoms with Crippen LogP contribution in [0, 0.1) is 5.92 Å². The maximum atomic E-state index is 11.7. The third-order valence-electron chi connectivity index (χ3n) is 2.73. The Balaban J connectivity index is 4.18. The van der Waals surface area contributed by atoms with Gasteiger partial charge in [-0.25, -0.2) is 0 Å². The van der Waals surface area contributed by atoms with Crippen LogP contribution in [-0.4, -0.2) is 67.8 Å². The summed E-state index contributed by atoms with van der Waals surface area (Å²) in [4.78, 5) is 37.3. The lowest BCUT2D eigenvalue weighted by Crippen LogP contribution is -2.48. The van der Waals surface area contributed by atoms with Gasteiger partial charge in [0.05, 0.1) is 19.1 Å². The van der Waals surface area contributed by atoms with Gasteiger partial charge in [0.1, 0.15) is 0 Å². The molecule has 0 aliphatic heterocycles. The normalized spacial score (nSPS) is 11.9. The largest absolute Gasteiger partial charge is 0.347 e. The first-order chi connectivity index (χ1) is 8.66. The number of nitrogens with one attached hydrogen (secondary N) is 1. The Kier molecular flexibility index (Phi) is 7.06. The van der Waals surface area contributed by atoms with Crippen molar-refractivity contribution in [1.82, 2.24) is 15.1 Å². The molecule has 110 valence electrons. The van der Waals surface area contributed by atoms with Crippen LogP contribution in [0.1, 0.15) is 13.8 Å². The zero-order valence-corrected chi connectivity index (χ0v) is 12.3.